The normalized spacial score (nSPS) is 17.4. The number of nitrogens with one attached hydrogen (secondary N) is 1. The molecule has 0 spiro atoms. The van der Waals surface area contributed by atoms with Gasteiger partial charge in [-0.15, -0.1) is 0 Å². The lowest BCUT2D eigenvalue weighted by atomic mass is 9.98. The summed E-state index contributed by atoms with van der Waals surface area (Å²) in [5.41, 5.74) is 0.745. The van der Waals surface area contributed by atoms with Crippen molar-refractivity contribution in [2.75, 3.05) is 31.6 Å². The van der Waals surface area contributed by atoms with Gasteiger partial charge in [-0.05, 0) is 45.4 Å². The molecule has 4 nitrogen and oxygen atoms in total. The zero-order valence-electron chi connectivity index (χ0n) is 12.4. The summed E-state index contributed by atoms with van der Waals surface area (Å²) in [7, 11) is 1.85. The van der Waals surface area contributed by atoms with Crippen molar-refractivity contribution in [1.82, 2.24) is 5.32 Å². The van der Waals surface area contributed by atoms with Crippen LogP contribution in [0.15, 0.2) is 24.3 Å². The lowest BCUT2D eigenvalue weighted by Crippen LogP contribution is -2.39. The van der Waals surface area contributed by atoms with E-state index in [1.807, 2.05) is 32.2 Å². The summed E-state index contributed by atoms with van der Waals surface area (Å²) in [6, 6.07) is 10.5. The van der Waals surface area contributed by atoms with Crippen molar-refractivity contribution in [2.24, 2.45) is 0 Å². The topological polar surface area (TPSA) is 48.3 Å². The molecule has 1 aromatic carbocycles. The number of nitrogens with zero attached hydrogens (tertiary/aromatic N) is 2. The van der Waals surface area contributed by atoms with Gasteiger partial charge in [0.1, 0.15) is 11.3 Å². The molecular weight excluding hydrogens is 250 g/mol. The van der Waals surface area contributed by atoms with Crippen LogP contribution in [-0.2, 0) is 0 Å². The quantitative estimate of drug-likeness (QED) is 0.895. The van der Waals surface area contributed by atoms with Crippen molar-refractivity contribution < 1.29 is 4.74 Å². The van der Waals surface area contributed by atoms with Gasteiger partial charge in [-0.2, -0.15) is 5.26 Å². The molecule has 1 aromatic rings. The lowest BCUT2D eigenvalue weighted by molar-refractivity contribution is 0.322. The highest BCUT2D eigenvalue weighted by molar-refractivity contribution is 5.58. The summed E-state index contributed by atoms with van der Waals surface area (Å²) in [6.07, 6.45) is 2.87. The van der Waals surface area contributed by atoms with Crippen LogP contribution < -0.4 is 15.0 Å². The fourth-order valence-electron chi connectivity index (χ4n) is 2.49. The van der Waals surface area contributed by atoms with Crippen LogP contribution in [0.2, 0.25) is 0 Å². The molecule has 20 heavy (non-hydrogen) atoms. The zero-order chi connectivity index (χ0) is 14.4. The Morgan fingerprint density at radius 2 is 2.25 bits per heavy atom. The third-order valence-corrected chi connectivity index (χ3v) is 3.94. The number of hydrogen-bond acceptors (Lipinski definition) is 4. The van der Waals surface area contributed by atoms with Gasteiger partial charge in [0.15, 0.2) is 0 Å². The average Bonchev–Trinajstić information content (AvgIpc) is 2.70. The Morgan fingerprint density at radius 3 is 3.00 bits per heavy atom. The first-order chi connectivity index (χ1) is 9.68. The third-order valence-electron chi connectivity index (χ3n) is 3.94. The summed E-state index contributed by atoms with van der Waals surface area (Å²) >= 11 is 0. The van der Waals surface area contributed by atoms with Crippen molar-refractivity contribution in [2.45, 2.75) is 31.7 Å². The first kappa shape index (κ1) is 14.7. The van der Waals surface area contributed by atoms with Gasteiger partial charge in [-0.1, -0.05) is 12.1 Å². The summed E-state index contributed by atoms with van der Waals surface area (Å²) < 4.78 is 5.76. The van der Waals surface area contributed by atoms with Crippen molar-refractivity contribution in [3.8, 4) is 11.8 Å². The molecule has 0 radical (unpaired) electrons. The van der Waals surface area contributed by atoms with Crippen molar-refractivity contribution in [3.63, 3.8) is 0 Å². The molecule has 1 N–H and O–H groups in total. The molecule has 0 bridgehead atoms. The molecule has 108 valence electrons. The summed E-state index contributed by atoms with van der Waals surface area (Å²) in [5.74, 6) is 0.974. The minimum atomic E-state index is -0.429. The third kappa shape index (κ3) is 3.43. The van der Waals surface area contributed by atoms with E-state index < -0.39 is 5.54 Å². The van der Waals surface area contributed by atoms with E-state index in [1.165, 1.54) is 5.69 Å². The van der Waals surface area contributed by atoms with E-state index in [4.69, 9.17) is 4.74 Å². The van der Waals surface area contributed by atoms with Crippen LogP contribution in [0.3, 0.4) is 0 Å². The molecule has 0 amide bonds. The SMILES string of the molecule is CNC(C)(C#N)CCCN1CCCOc2ccccc21. The lowest BCUT2D eigenvalue weighted by Gasteiger charge is -2.26. The highest BCUT2D eigenvalue weighted by Gasteiger charge is 2.22. The van der Waals surface area contributed by atoms with Crippen molar-refractivity contribution >= 4 is 5.69 Å². The minimum Gasteiger partial charge on any atom is -0.491 e. The first-order valence-corrected chi connectivity index (χ1v) is 7.25. The molecule has 0 fully saturated rings. The predicted molar refractivity (Wildman–Crippen MR) is 81.1 cm³/mol. The molecule has 0 saturated carbocycles. The molecule has 1 aliphatic heterocycles. The Hall–Kier alpha value is -1.73. The van der Waals surface area contributed by atoms with E-state index in [2.05, 4.69) is 22.4 Å². The van der Waals surface area contributed by atoms with Crippen LogP contribution in [-0.4, -0.2) is 32.3 Å². The van der Waals surface area contributed by atoms with Gasteiger partial charge in [0.2, 0.25) is 0 Å². The maximum Gasteiger partial charge on any atom is 0.142 e. The number of ether oxygens (including phenoxy) is 1. The van der Waals surface area contributed by atoms with Gasteiger partial charge < -0.3 is 15.0 Å². The van der Waals surface area contributed by atoms with Crippen LogP contribution in [0.5, 0.6) is 5.75 Å². The van der Waals surface area contributed by atoms with E-state index in [1.54, 1.807) is 0 Å². The van der Waals surface area contributed by atoms with Gasteiger partial charge in [0.25, 0.3) is 0 Å². The molecule has 1 heterocycles. The van der Waals surface area contributed by atoms with Gasteiger partial charge in [0, 0.05) is 13.1 Å². The largest absolute Gasteiger partial charge is 0.491 e. The number of para-hydroxylation sites is 2. The molecule has 1 unspecified atom stereocenters. The Labute approximate surface area is 121 Å². The Kier molecular flexibility index (Phi) is 4.86. The summed E-state index contributed by atoms with van der Waals surface area (Å²) in [5, 5.41) is 12.3. The number of benzene rings is 1. The monoisotopic (exact) mass is 273 g/mol. The van der Waals surface area contributed by atoms with E-state index in [0.29, 0.717) is 0 Å². The summed E-state index contributed by atoms with van der Waals surface area (Å²) in [4.78, 5) is 2.37. The maximum absolute atomic E-state index is 9.18. The van der Waals surface area contributed by atoms with Gasteiger partial charge in [-0.25, -0.2) is 0 Å². The standard InChI is InChI=1S/C16H23N3O/c1-16(13-17,18-2)9-5-10-19-11-6-12-20-15-8-4-3-7-14(15)19/h3-4,7-8,18H,5-6,9-12H2,1-2H3. The van der Waals surface area contributed by atoms with Crippen LogP contribution in [0.1, 0.15) is 26.2 Å². The number of fused-ring (bicyclic) bond motifs is 1. The smallest absolute Gasteiger partial charge is 0.142 e. The number of hydrogen-bond donors (Lipinski definition) is 1. The first-order valence-electron chi connectivity index (χ1n) is 7.25. The molecule has 0 aliphatic carbocycles. The second kappa shape index (κ2) is 6.62. The van der Waals surface area contributed by atoms with E-state index >= 15 is 0 Å². The Bertz CT molecular complexity index is 483. The molecule has 0 aromatic heterocycles. The van der Waals surface area contributed by atoms with Gasteiger partial charge in [-0.3, -0.25) is 0 Å². The molecule has 1 aliphatic rings. The van der Waals surface area contributed by atoms with Crippen LogP contribution in [0.25, 0.3) is 0 Å². The zero-order valence-corrected chi connectivity index (χ0v) is 12.4. The predicted octanol–water partition coefficient (Wildman–Crippen LogP) is 2.56. The molecule has 1 atom stereocenters. The van der Waals surface area contributed by atoms with Crippen LogP contribution >= 0.6 is 0 Å². The fraction of sp³-hybridized carbons (Fsp3) is 0.562. The Balaban J connectivity index is 1.98. The Morgan fingerprint density at radius 1 is 1.45 bits per heavy atom. The highest BCUT2D eigenvalue weighted by Crippen LogP contribution is 2.30. The molecular formula is C16H23N3O. The molecule has 2 rings (SSSR count). The van der Waals surface area contributed by atoms with Crippen molar-refractivity contribution in [3.05, 3.63) is 24.3 Å². The van der Waals surface area contributed by atoms with Crippen molar-refractivity contribution in [1.29, 1.82) is 5.26 Å². The van der Waals surface area contributed by atoms with E-state index in [9.17, 15) is 5.26 Å². The van der Waals surface area contributed by atoms with Crippen LogP contribution in [0.4, 0.5) is 5.69 Å². The molecule has 0 saturated heterocycles. The molecule has 4 heteroatoms. The van der Waals surface area contributed by atoms with E-state index in [0.717, 1.165) is 44.7 Å². The minimum absolute atomic E-state index is 0.429. The van der Waals surface area contributed by atoms with E-state index in [-0.39, 0.29) is 0 Å². The number of rotatable bonds is 5. The van der Waals surface area contributed by atoms with Gasteiger partial charge >= 0.3 is 0 Å². The second-order valence-corrected chi connectivity index (χ2v) is 5.45. The van der Waals surface area contributed by atoms with Gasteiger partial charge in [0.05, 0.1) is 18.4 Å². The number of anilines is 1. The summed E-state index contributed by atoms with van der Waals surface area (Å²) in [6.45, 7) is 4.70. The maximum atomic E-state index is 9.18. The van der Waals surface area contributed by atoms with Crippen LogP contribution in [0, 0.1) is 11.3 Å². The number of nitriles is 1. The highest BCUT2D eigenvalue weighted by atomic mass is 16.5. The second-order valence-electron chi connectivity index (χ2n) is 5.45. The fourth-order valence-corrected chi connectivity index (χ4v) is 2.49. The average molecular weight is 273 g/mol.